The molecule has 7 nitrogen and oxygen atoms in total. The first kappa shape index (κ1) is 23.8. The molecule has 1 N–H and O–H groups in total. The summed E-state index contributed by atoms with van der Waals surface area (Å²) in [4.78, 5) is 21.1. The van der Waals surface area contributed by atoms with Gasteiger partial charge in [0.05, 0.1) is 17.3 Å². The molecule has 1 atom stereocenters. The van der Waals surface area contributed by atoms with Crippen molar-refractivity contribution in [2.75, 3.05) is 31.5 Å². The zero-order chi connectivity index (χ0) is 25.3. The molecule has 0 saturated carbocycles. The van der Waals surface area contributed by atoms with Gasteiger partial charge in [-0.3, -0.25) is 4.90 Å². The van der Waals surface area contributed by atoms with Crippen LogP contribution >= 0.6 is 0 Å². The number of aromatic nitrogens is 2. The van der Waals surface area contributed by atoms with Crippen LogP contribution in [-0.4, -0.2) is 52.2 Å². The Morgan fingerprint density at radius 1 is 1.00 bits per heavy atom. The van der Waals surface area contributed by atoms with Gasteiger partial charge in [-0.1, -0.05) is 53.7 Å². The van der Waals surface area contributed by atoms with Gasteiger partial charge in [0.2, 0.25) is 11.7 Å². The van der Waals surface area contributed by atoms with Gasteiger partial charge in [-0.2, -0.15) is 18.2 Å². The van der Waals surface area contributed by atoms with Gasteiger partial charge < -0.3 is 14.7 Å². The monoisotopic (exact) mass is 495 g/mol. The van der Waals surface area contributed by atoms with Gasteiger partial charge in [-0.05, 0) is 30.5 Å². The van der Waals surface area contributed by atoms with E-state index in [1.165, 1.54) is 12.1 Å². The second kappa shape index (κ2) is 9.62. The van der Waals surface area contributed by atoms with Crippen molar-refractivity contribution in [1.82, 2.24) is 19.9 Å². The summed E-state index contributed by atoms with van der Waals surface area (Å²) in [6, 6.07) is 18.1. The van der Waals surface area contributed by atoms with E-state index in [1.54, 1.807) is 4.90 Å². The standard InChI is InChI=1S/C26H24F3N5O2/c1-17(24-31-23(32-36-24)19-8-4-9-20(16-19)26(27,28)29)33-12-14-34(15-13-33)25(35)30-22-11-5-7-18-6-2-3-10-21(18)22/h2-11,16-17H,12-15H2,1H3,(H,30,35). The first-order chi connectivity index (χ1) is 17.3. The third-order valence-corrected chi connectivity index (χ3v) is 6.43. The highest BCUT2D eigenvalue weighted by molar-refractivity contribution is 6.01. The maximum absolute atomic E-state index is 13.0. The van der Waals surface area contributed by atoms with Crippen LogP contribution in [0.25, 0.3) is 22.2 Å². The first-order valence-corrected chi connectivity index (χ1v) is 11.6. The predicted octanol–water partition coefficient (Wildman–Crippen LogP) is 5.82. The van der Waals surface area contributed by atoms with Crippen LogP contribution in [-0.2, 0) is 6.18 Å². The highest BCUT2D eigenvalue weighted by Gasteiger charge is 2.31. The molecule has 1 aliphatic heterocycles. The molecule has 1 fully saturated rings. The number of carbonyl (C=O) groups is 1. The van der Waals surface area contributed by atoms with Gasteiger partial charge in [0, 0.05) is 37.1 Å². The lowest BCUT2D eigenvalue weighted by Gasteiger charge is -2.36. The van der Waals surface area contributed by atoms with Crippen LogP contribution in [0.4, 0.5) is 23.7 Å². The molecule has 1 saturated heterocycles. The van der Waals surface area contributed by atoms with Crippen LogP contribution in [0, 0.1) is 0 Å². The number of alkyl halides is 3. The van der Waals surface area contributed by atoms with Gasteiger partial charge in [0.1, 0.15) is 0 Å². The van der Waals surface area contributed by atoms with E-state index < -0.39 is 11.7 Å². The van der Waals surface area contributed by atoms with Crippen molar-refractivity contribution >= 4 is 22.5 Å². The lowest BCUT2D eigenvalue weighted by Crippen LogP contribution is -2.50. The summed E-state index contributed by atoms with van der Waals surface area (Å²) in [6.07, 6.45) is -4.45. The number of benzene rings is 3. The fourth-order valence-electron chi connectivity index (χ4n) is 4.35. The van der Waals surface area contributed by atoms with E-state index in [-0.39, 0.29) is 23.5 Å². The number of amides is 2. The maximum Gasteiger partial charge on any atom is 0.416 e. The summed E-state index contributed by atoms with van der Waals surface area (Å²) in [6.45, 7) is 4.09. The van der Waals surface area contributed by atoms with E-state index in [0.29, 0.717) is 32.1 Å². The Morgan fingerprint density at radius 3 is 2.50 bits per heavy atom. The van der Waals surface area contributed by atoms with Crippen molar-refractivity contribution in [2.45, 2.75) is 19.1 Å². The summed E-state index contributed by atoms with van der Waals surface area (Å²) in [5.74, 6) is 0.423. The highest BCUT2D eigenvalue weighted by Crippen LogP contribution is 2.32. The molecule has 4 aromatic rings. The summed E-state index contributed by atoms with van der Waals surface area (Å²) >= 11 is 0. The maximum atomic E-state index is 13.0. The molecule has 0 aliphatic carbocycles. The van der Waals surface area contributed by atoms with Crippen LogP contribution in [0.15, 0.2) is 71.3 Å². The summed E-state index contributed by atoms with van der Waals surface area (Å²) in [5, 5.41) is 8.93. The summed E-state index contributed by atoms with van der Waals surface area (Å²) < 4.78 is 44.5. The zero-order valence-electron chi connectivity index (χ0n) is 19.5. The Morgan fingerprint density at radius 2 is 1.72 bits per heavy atom. The minimum Gasteiger partial charge on any atom is -0.337 e. The molecular formula is C26H24F3N5O2. The number of hydrogen-bond donors (Lipinski definition) is 1. The lowest BCUT2D eigenvalue weighted by molar-refractivity contribution is -0.137. The van der Waals surface area contributed by atoms with E-state index in [0.717, 1.165) is 28.6 Å². The predicted molar refractivity (Wildman–Crippen MR) is 129 cm³/mol. The number of rotatable bonds is 4. The second-order valence-electron chi connectivity index (χ2n) is 8.69. The number of urea groups is 1. The average Bonchev–Trinajstić information content (AvgIpc) is 3.39. The van der Waals surface area contributed by atoms with E-state index in [4.69, 9.17) is 4.52 Å². The van der Waals surface area contributed by atoms with Gasteiger partial charge in [0.25, 0.3) is 0 Å². The molecule has 2 heterocycles. The molecule has 3 aromatic carbocycles. The quantitative estimate of drug-likeness (QED) is 0.386. The molecule has 2 amide bonds. The SMILES string of the molecule is CC(c1nc(-c2cccc(C(F)(F)F)c2)no1)N1CCN(C(=O)Nc2cccc3ccccc23)CC1. The number of anilines is 1. The second-order valence-corrected chi connectivity index (χ2v) is 8.69. The normalized spacial score (nSPS) is 15.7. The molecule has 0 spiro atoms. The van der Waals surface area contributed by atoms with Crippen molar-refractivity contribution in [2.24, 2.45) is 0 Å². The molecular weight excluding hydrogens is 471 g/mol. The van der Waals surface area contributed by atoms with Crippen molar-refractivity contribution in [3.05, 3.63) is 78.2 Å². The van der Waals surface area contributed by atoms with Crippen LogP contribution in [0.1, 0.15) is 24.4 Å². The third-order valence-electron chi connectivity index (χ3n) is 6.43. The van der Waals surface area contributed by atoms with Crippen LogP contribution < -0.4 is 5.32 Å². The lowest BCUT2D eigenvalue weighted by atomic mass is 10.1. The van der Waals surface area contributed by atoms with Crippen molar-refractivity contribution < 1.29 is 22.5 Å². The molecule has 0 radical (unpaired) electrons. The Labute approximate surface area is 205 Å². The molecule has 186 valence electrons. The molecule has 36 heavy (non-hydrogen) atoms. The molecule has 0 bridgehead atoms. The van der Waals surface area contributed by atoms with Crippen molar-refractivity contribution in [3.8, 4) is 11.4 Å². The Kier molecular flexibility index (Phi) is 6.36. The Hall–Kier alpha value is -3.92. The summed E-state index contributed by atoms with van der Waals surface area (Å²) in [5.41, 5.74) is 0.237. The van der Waals surface area contributed by atoms with Gasteiger partial charge in [-0.15, -0.1) is 0 Å². The van der Waals surface area contributed by atoms with Crippen LogP contribution in [0.3, 0.4) is 0 Å². The van der Waals surface area contributed by atoms with E-state index in [2.05, 4.69) is 20.4 Å². The summed E-state index contributed by atoms with van der Waals surface area (Å²) in [7, 11) is 0. The first-order valence-electron chi connectivity index (χ1n) is 11.6. The van der Waals surface area contributed by atoms with Crippen LogP contribution in [0.5, 0.6) is 0 Å². The fourth-order valence-corrected chi connectivity index (χ4v) is 4.35. The third kappa shape index (κ3) is 4.90. The van der Waals surface area contributed by atoms with Crippen molar-refractivity contribution in [3.63, 3.8) is 0 Å². The van der Waals surface area contributed by atoms with Crippen LogP contribution in [0.2, 0.25) is 0 Å². The van der Waals surface area contributed by atoms with E-state index >= 15 is 0 Å². The molecule has 1 unspecified atom stereocenters. The Balaban J connectivity index is 1.21. The largest absolute Gasteiger partial charge is 0.416 e. The van der Waals surface area contributed by atoms with Gasteiger partial charge in [0.15, 0.2) is 0 Å². The molecule has 1 aromatic heterocycles. The zero-order valence-corrected chi connectivity index (χ0v) is 19.5. The Bertz CT molecular complexity index is 1370. The number of piperazine rings is 1. The minimum absolute atomic E-state index is 0.107. The number of nitrogens with one attached hydrogen (secondary N) is 1. The number of halogens is 3. The smallest absolute Gasteiger partial charge is 0.337 e. The number of nitrogens with zero attached hydrogens (tertiary/aromatic N) is 4. The number of hydrogen-bond acceptors (Lipinski definition) is 5. The molecule has 5 rings (SSSR count). The fraction of sp³-hybridized carbons (Fsp3) is 0.269. The topological polar surface area (TPSA) is 74.5 Å². The van der Waals surface area contributed by atoms with Crippen molar-refractivity contribution in [1.29, 1.82) is 0 Å². The van der Waals surface area contributed by atoms with Gasteiger partial charge in [-0.25, -0.2) is 4.79 Å². The molecule has 10 heteroatoms. The number of fused-ring (bicyclic) bond motifs is 1. The minimum atomic E-state index is -4.45. The van der Waals surface area contributed by atoms with Gasteiger partial charge >= 0.3 is 12.2 Å². The average molecular weight is 496 g/mol. The molecule has 1 aliphatic rings. The van der Waals surface area contributed by atoms with E-state index in [9.17, 15) is 18.0 Å². The number of carbonyl (C=O) groups excluding carboxylic acids is 1. The van der Waals surface area contributed by atoms with E-state index in [1.807, 2.05) is 49.4 Å². The highest BCUT2D eigenvalue weighted by atomic mass is 19.4.